The summed E-state index contributed by atoms with van der Waals surface area (Å²) in [5.41, 5.74) is 0.889. The van der Waals surface area contributed by atoms with Gasteiger partial charge in [-0.05, 0) is 30.5 Å². The van der Waals surface area contributed by atoms with Crippen LogP contribution in [0.3, 0.4) is 0 Å². The maximum atomic E-state index is 12.9. The number of halogens is 2. The van der Waals surface area contributed by atoms with Gasteiger partial charge in [-0.2, -0.15) is 0 Å². The lowest BCUT2D eigenvalue weighted by molar-refractivity contribution is -0.137. The lowest BCUT2D eigenvalue weighted by atomic mass is 9.93. The number of carbonyl (C=O) groups excluding carboxylic acids is 1. The monoisotopic (exact) mass is 400 g/mol. The number of ether oxygens (including phenoxy) is 1. The van der Waals surface area contributed by atoms with Crippen molar-refractivity contribution in [3.8, 4) is 0 Å². The topological polar surface area (TPSA) is 70.1 Å². The average Bonchev–Trinajstić information content (AvgIpc) is 3.08. The van der Waals surface area contributed by atoms with Gasteiger partial charge in [0.1, 0.15) is 0 Å². The largest absolute Gasteiger partial charge is 0.465 e. The van der Waals surface area contributed by atoms with E-state index >= 15 is 0 Å². The van der Waals surface area contributed by atoms with Crippen LogP contribution in [0.2, 0.25) is 10.0 Å². The molecule has 26 heavy (non-hydrogen) atoms. The number of carbonyl (C=O) groups is 2. The van der Waals surface area contributed by atoms with E-state index in [2.05, 4.69) is 0 Å². The first-order valence-electron chi connectivity index (χ1n) is 8.65. The Morgan fingerprint density at radius 1 is 1.19 bits per heavy atom. The van der Waals surface area contributed by atoms with E-state index in [1.54, 1.807) is 24.1 Å². The minimum absolute atomic E-state index is 0.0490. The van der Waals surface area contributed by atoms with E-state index in [4.69, 9.17) is 27.9 Å². The summed E-state index contributed by atoms with van der Waals surface area (Å²) in [6.07, 6.45) is 0.415. The summed E-state index contributed by atoms with van der Waals surface area (Å²) in [7, 11) is 1.54. The maximum absolute atomic E-state index is 12.9. The normalized spacial score (nSPS) is 23.9. The van der Waals surface area contributed by atoms with E-state index in [-0.39, 0.29) is 23.8 Å². The van der Waals surface area contributed by atoms with Gasteiger partial charge in [-0.1, -0.05) is 29.3 Å². The highest BCUT2D eigenvalue weighted by molar-refractivity contribution is 6.42. The van der Waals surface area contributed by atoms with Crippen molar-refractivity contribution in [2.24, 2.45) is 5.92 Å². The van der Waals surface area contributed by atoms with Gasteiger partial charge in [0.05, 0.1) is 16.1 Å². The molecule has 1 aromatic rings. The molecule has 1 N–H and O–H groups in total. The molecule has 8 heteroatoms. The molecule has 2 aliphatic heterocycles. The van der Waals surface area contributed by atoms with E-state index in [1.807, 2.05) is 6.07 Å². The fourth-order valence-corrected chi connectivity index (χ4v) is 4.08. The molecule has 0 saturated carbocycles. The van der Waals surface area contributed by atoms with Crippen molar-refractivity contribution >= 4 is 35.2 Å². The highest BCUT2D eigenvalue weighted by Crippen LogP contribution is 2.35. The number of rotatable bonds is 3. The van der Waals surface area contributed by atoms with Gasteiger partial charge in [0.2, 0.25) is 5.91 Å². The van der Waals surface area contributed by atoms with Crippen LogP contribution in [0.1, 0.15) is 24.3 Å². The number of likely N-dealkylation sites (N-methyl/N-ethyl adjacent to an activating group) is 1. The van der Waals surface area contributed by atoms with Crippen LogP contribution in [0, 0.1) is 5.92 Å². The average molecular weight is 401 g/mol. The second-order valence-electron chi connectivity index (χ2n) is 6.87. The van der Waals surface area contributed by atoms with Crippen molar-refractivity contribution < 1.29 is 19.4 Å². The summed E-state index contributed by atoms with van der Waals surface area (Å²) in [6, 6.07) is 5.00. The number of amides is 2. The number of benzene rings is 1. The van der Waals surface area contributed by atoms with E-state index in [0.717, 1.165) is 5.56 Å². The van der Waals surface area contributed by atoms with Crippen LogP contribution < -0.4 is 0 Å². The zero-order valence-electron chi connectivity index (χ0n) is 14.5. The summed E-state index contributed by atoms with van der Waals surface area (Å²) < 4.78 is 5.33. The third kappa shape index (κ3) is 3.92. The van der Waals surface area contributed by atoms with Crippen LogP contribution in [0.15, 0.2) is 18.2 Å². The summed E-state index contributed by atoms with van der Waals surface area (Å²) in [5.74, 6) is -0.110. The predicted molar refractivity (Wildman–Crippen MR) is 98.9 cm³/mol. The molecule has 0 spiro atoms. The minimum Gasteiger partial charge on any atom is -0.465 e. The van der Waals surface area contributed by atoms with Crippen molar-refractivity contribution in [2.45, 2.75) is 24.8 Å². The molecule has 2 amide bonds. The second-order valence-corrected chi connectivity index (χ2v) is 7.69. The van der Waals surface area contributed by atoms with Gasteiger partial charge in [-0.15, -0.1) is 0 Å². The summed E-state index contributed by atoms with van der Waals surface area (Å²) >= 11 is 12.2. The van der Waals surface area contributed by atoms with Gasteiger partial charge < -0.3 is 19.6 Å². The van der Waals surface area contributed by atoms with Gasteiger partial charge in [-0.25, -0.2) is 4.79 Å². The van der Waals surface area contributed by atoms with Crippen molar-refractivity contribution in [1.29, 1.82) is 0 Å². The summed E-state index contributed by atoms with van der Waals surface area (Å²) in [5, 5.41) is 10.3. The van der Waals surface area contributed by atoms with Crippen molar-refractivity contribution in [3.05, 3.63) is 33.8 Å². The molecule has 3 rings (SSSR count). The molecule has 0 bridgehead atoms. The molecule has 2 fully saturated rings. The molecule has 1 aromatic carbocycles. The molecule has 0 aromatic heterocycles. The Morgan fingerprint density at radius 3 is 2.50 bits per heavy atom. The van der Waals surface area contributed by atoms with Gasteiger partial charge in [0, 0.05) is 45.2 Å². The summed E-state index contributed by atoms with van der Waals surface area (Å²) in [6.45, 7) is 2.04. The fourth-order valence-electron chi connectivity index (χ4n) is 3.77. The highest BCUT2D eigenvalue weighted by Gasteiger charge is 2.41. The third-order valence-corrected chi connectivity index (χ3v) is 6.08. The highest BCUT2D eigenvalue weighted by atomic mass is 35.5. The van der Waals surface area contributed by atoms with Crippen LogP contribution in [0.5, 0.6) is 0 Å². The van der Waals surface area contributed by atoms with E-state index in [9.17, 15) is 14.7 Å². The SMILES string of the molecule is CN(C(=O)O)[C@H]1CN(C(=O)C2CCOCC2)C[C@@H]1c1ccc(Cl)c(Cl)c1. The van der Waals surface area contributed by atoms with Crippen LogP contribution in [-0.4, -0.2) is 66.3 Å². The Bertz CT molecular complexity index is 694. The van der Waals surface area contributed by atoms with Crippen molar-refractivity contribution in [1.82, 2.24) is 9.80 Å². The first-order chi connectivity index (χ1) is 12.4. The van der Waals surface area contributed by atoms with Crippen molar-refractivity contribution in [3.63, 3.8) is 0 Å². The van der Waals surface area contributed by atoms with E-state index in [1.165, 1.54) is 4.90 Å². The molecule has 6 nitrogen and oxygen atoms in total. The Hall–Kier alpha value is -1.50. The number of likely N-dealkylation sites (tertiary alicyclic amines) is 1. The van der Waals surface area contributed by atoms with Gasteiger partial charge in [0.15, 0.2) is 0 Å². The molecule has 2 atom stereocenters. The van der Waals surface area contributed by atoms with Crippen LogP contribution in [0.4, 0.5) is 4.79 Å². The lowest BCUT2D eigenvalue weighted by Gasteiger charge is -2.27. The van der Waals surface area contributed by atoms with Crippen molar-refractivity contribution in [2.75, 3.05) is 33.4 Å². The molecule has 2 aliphatic rings. The number of carboxylic acid groups (broad SMARTS) is 1. The Morgan fingerprint density at radius 2 is 1.88 bits per heavy atom. The van der Waals surface area contributed by atoms with E-state index in [0.29, 0.717) is 49.2 Å². The first kappa shape index (κ1) is 19.3. The third-order valence-electron chi connectivity index (χ3n) is 5.34. The zero-order valence-corrected chi connectivity index (χ0v) is 16.0. The Labute approximate surface area is 162 Å². The van der Waals surface area contributed by atoms with Crippen LogP contribution in [0.25, 0.3) is 0 Å². The molecular weight excluding hydrogens is 379 g/mol. The number of nitrogens with zero attached hydrogens (tertiary/aromatic N) is 2. The van der Waals surface area contributed by atoms with Gasteiger partial charge in [-0.3, -0.25) is 4.79 Å². The first-order valence-corrected chi connectivity index (χ1v) is 9.41. The van der Waals surface area contributed by atoms with E-state index < -0.39 is 6.09 Å². The molecule has 142 valence electrons. The predicted octanol–water partition coefficient (Wildman–Crippen LogP) is 3.32. The standard InChI is InChI=1S/C18H22Cl2N2O4/c1-21(18(24)25)16-10-22(17(23)11-4-6-26-7-5-11)9-13(16)12-2-3-14(19)15(20)8-12/h2-3,8,11,13,16H,4-7,9-10H2,1H3,(H,24,25)/t13-,16+/m1/s1. The molecule has 2 heterocycles. The number of hydrogen-bond acceptors (Lipinski definition) is 3. The smallest absolute Gasteiger partial charge is 0.407 e. The van der Waals surface area contributed by atoms with Crippen LogP contribution >= 0.6 is 23.2 Å². The lowest BCUT2D eigenvalue weighted by Crippen LogP contribution is -2.42. The van der Waals surface area contributed by atoms with Gasteiger partial charge >= 0.3 is 6.09 Å². The minimum atomic E-state index is -1.01. The molecular formula is C18H22Cl2N2O4. The molecule has 2 saturated heterocycles. The van der Waals surface area contributed by atoms with Crippen LogP contribution in [-0.2, 0) is 9.53 Å². The second kappa shape index (κ2) is 8.03. The quantitative estimate of drug-likeness (QED) is 0.844. The van der Waals surface area contributed by atoms with Gasteiger partial charge in [0.25, 0.3) is 0 Å². The molecule has 0 unspecified atom stereocenters. The number of hydrogen-bond donors (Lipinski definition) is 1. The zero-order chi connectivity index (χ0) is 18.8. The fraction of sp³-hybridized carbons (Fsp3) is 0.556. The molecule has 0 aliphatic carbocycles. The summed E-state index contributed by atoms with van der Waals surface area (Å²) in [4.78, 5) is 27.5. The Balaban J connectivity index is 1.84. The Kier molecular flexibility index (Phi) is 5.95. The molecule has 0 radical (unpaired) electrons. The maximum Gasteiger partial charge on any atom is 0.407 e.